The van der Waals surface area contributed by atoms with Gasteiger partial charge in [0.25, 0.3) is 0 Å². The molecule has 0 spiro atoms. The van der Waals surface area contributed by atoms with Crippen LogP contribution in [0.25, 0.3) is 10.6 Å². The highest BCUT2D eigenvalue weighted by Crippen LogP contribution is 2.29. The molecule has 1 unspecified atom stereocenters. The summed E-state index contributed by atoms with van der Waals surface area (Å²) in [6, 6.07) is 8.75. The molecule has 0 saturated heterocycles. The summed E-state index contributed by atoms with van der Waals surface area (Å²) in [4.78, 5) is 4.96. The summed E-state index contributed by atoms with van der Waals surface area (Å²) >= 11 is 1.15. The van der Waals surface area contributed by atoms with Gasteiger partial charge in [-0.05, 0) is 31.2 Å². The Kier molecular flexibility index (Phi) is 4.31. The van der Waals surface area contributed by atoms with Gasteiger partial charge >= 0.3 is 0 Å². The van der Waals surface area contributed by atoms with Gasteiger partial charge in [-0.1, -0.05) is 6.07 Å². The van der Waals surface area contributed by atoms with Crippen LogP contribution in [0.1, 0.15) is 6.92 Å². The van der Waals surface area contributed by atoms with Crippen molar-refractivity contribution in [3.63, 3.8) is 0 Å². The lowest BCUT2D eigenvalue weighted by Gasteiger charge is -2.06. The number of hydrogen-bond donors (Lipinski definition) is 2. The van der Waals surface area contributed by atoms with Crippen LogP contribution in [0.4, 0.5) is 0 Å². The molecule has 0 fully saturated rings. The largest absolute Gasteiger partial charge is 0.392 e. The Morgan fingerprint density at radius 3 is 2.79 bits per heavy atom. The smallest absolute Gasteiger partial charge is 0.250 e. The first-order chi connectivity index (χ1) is 8.99. The number of nitrogens with one attached hydrogen (secondary N) is 1. The van der Waals surface area contributed by atoms with Crippen LogP contribution in [-0.2, 0) is 10.0 Å². The van der Waals surface area contributed by atoms with E-state index in [1.54, 1.807) is 24.4 Å². The monoisotopic (exact) mass is 298 g/mol. The van der Waals surface area contributed by atoms with Crippen molar-refractivity contribution in [1.82, 2.24) is 9.71 Å². The summed E-state index contributed by atoms with van der Waals surface area (Å²) in [6.07, 6.45) is 0.944. The Morgan fingerprint density at radius 1 is 1.37 bits per heavy atom. The highest BCUT2D eigenvalue weighted by atomic mass is 32.2. The maximum absolute atomic E-state index is 11.9. The van der Waals surface area contributed by atoms with Crippen LogP contribution in [0.15, 0.2) is 40.7 Å². The predicted octanol–water partition coefficient (Wildman–Crippen LogP) is 1.47. The van der Waals surface area contributed by atoms with Gasteiger partial charge in [0.2, 0.25) is 10.0 Å². The summed E-state index contributed by atoms with van der Waals surface area (Å²) in [5.41, 5.74) is 0.740. The third-order valence-corrected chi connectivity index (χ3v) is 5.36. The third-order valence-electron chi connectivity index (χ3n) is 2.33. The Labute approximate surface area is 116 Å². The minimum Gasteiger partial charge on any atom is -0.392 e. The molecule has 0 aliphatic heterocycles. The second kappa shape index (κ2) is 5.79. The maximum atomic E-state index is 11.9. The highest BCUT2D eigenvalue weighted by Gasteiger charge is 2.17. The van der Waals surface area contributed by atoms with E-state index in [-0.39, 0.29) is 10.8 Å². The summed E-state index contributed by atoms with van der Waals surface area (Å²) < 4.78 is 26.5. The average Bonchev–Trinajstić information content (AvgIpc) is 2.88. The zero-order chi connectivity index (χ0) is 13.9. The maximum Gasteiger partial charge on any atom is 0.250 e. The summed E-state index contributed by atoms with van der Waals surface area (Å²) in [5.74, 6) is 0. The minimum absolute atomic E-state index is 0.000840. The first kappa shape index (κ1) is 14.1. The van der Waals surface area contributed by atoms with Gasteiger partial charge in [0.15, 0.2) is 0 Å². The van der Waals surface area contributed by atoms with Crippen LogP contribution < -0.4 is 4.72 Å². The SMILES string of the molecule is CC(O)CNS(=O)(=O)c1ccc(-c2ccccn2)s1. The van der Waals surface area contributed by atoms with Crippen LogP contribution in [0.5, 0.6) is 0 Å². The average molecular weight is 298 g/mol. The first-order valence-corrected chi connectivity index (χ1v) is 7.98. The number of pyridine rings is 1. The molecule has 2 aromatic rings. The van der Waals surface area contributed by atoms with Crippen molar-refractivity contribution in [2.75, 3.05) is 6.54 Å². The Balaban J connectivity index is 2.22. The quantitative estimate of drug-likeness (QED) is 0.876. The van der Waals surface area contributed by atoms with Crippen LogP contribution in [0.2, 0.25) is 0 Å². The Hall–Kier alpha value is -1.28. The Morgan fingerprint density at radius 2 is 2.16 bits per heavy atom. The molecule has 2 heterocycles. The lowest BCUT2D eigenvalue weighted by atomic mass is 10.3. The molecule has 102 valence electrons. The number of rotatable bonds is 5. The van der Waals surface area contributed by atoms with Crippen LogP contribution in [0.3, 0.4) is 0 Å². The van der Waals surface area contributed by atoms with Gasteiger partial charge < -0.3 is 5.11 Å². The van der Waals surface area contributed by atoms with Crippen molar-refractivity contribution < 1.29 is 13.5 Å². The second-order valence-corrected chi connectivity index (χ2v) is 7.11. The molecule has 7 heteroatoms. The number of thiophene rings is 1. The van der Waals surface area contributed by atoms with E-state index in [0.29, 0.717) is 0 Å². The molecule has 19 heavy (non-hydrogen) atoms. The van der Waals surface area contributed by atoms with Crippen molar-refractivity contribution in [2.45, 2.75) is 17.2 Å². The molecule has 2 rings (SSSR count). The molecular weight excluding hydrogens is 284 g/mol. The van der Waals surface area contributed by atoms with Crippen molar-refractivity contribution in [3.05, 3.63) is 36.5 Å². The van der Waals surface area contributed by atoms with Crippen molar-refractivity contribution in [1.29, 1.82) is 0 Å². The fourth-order valence-electron chi connectivity index (χ4n) is 1.41. The zero-order valence-electron chi connectivity index (χ0n) is 10.3. The molecular formula is C12H14N2O3S2. The van der Waals surface area contributed by atoms with E-state index in [1.807, 2.05) is 12.1 Å². The first-order valence-electron chi connectivity index (χ1n) is 5.68. The van der Waals surface area contributed by atoms with Crippen molar-refractivity contribution in [3.8, 4) is 10.6 Å². The Bertz CT molecular complexity index is 636. The molecule has 0 saturated carbocycles. The van der Waals surface area contributed by atoms with E-state index in [9.17, 15) is 8.42 Å². The molecule has 2 aromatic heterocycles. The molecule has 0 aromatic carbocycles. The molecule has 0 aliphatic carbocycles. The molecule has 0 amide bonds. The molecule has 5 nitrogen and oxygen atoms in total. The number of nitrogens with zero attached hydrogens (tertiary/aromatic N) is 1. The normalized spacial score (nSPS) is 13.4. The number of aliphatic hydroxyl groups is 1. The lowest BCUT2D eigenvalue weighted by Crippen LogP contribution is -2.30. The summed E-state index contributed by atoms with van der Waals surface area (Å²) in [7, 11) is -3.56. The number of aromatic nitrogens is 1. The zero-order valence-corrected chi connectivity index (χ0v) is 11.9. The van der Waals surface area contributed by atoms with E-state index >= 15 is 0 Å². The van der Waals surface area contributed by atoms with Gasteiger partial charge in [-0.2, -0.15) is 0 Å². The lowest BCUT2D eigenvalue weighted by molar-refractivity contribution is 0.198. The number of aliphatic hydroxyl groups excluding tert-OH is 1. The van der Waals surface area contributed by atoms with E-state index in [1.165, 1.54) is 6.92 Å². The molecule has 0 radical (unpaired) electrons. The molecule has 2 N–H and O–H groups in total. The van der Waals surface area contributed by atoms with Gasteiger partial charge in [-0.15, -0.1) is 11.3 Å². The van der Waals surface area contributed by atoms with Gasteiger partial charge in [0.05, 0.1) is 16.7 Å². The van der Waals surface area contributed by atoms with E-state index in [0.717, 1.165) is 21.9 Å². The highest BCUT2D eigenvalue weighted by molar-refractivity contribution is 7.91. The summed E-state index contributed by atoms with van der Waals surface area (Å²) in [6.45, 7) is 1.52. The van der Waals surface area contributed by atoms with Gasteiger partial charge in [-0.3, -0.25) is 4.98 Å². The van der Waals surface area contributed by atoms with Crippen molar-refractivity contribution >= 4 is 21.4 Å². The van der Waals surface area contributed by atoms with Crippen LogP contribution >= 0.6 is 11.3 Å². The fourth-order valence-corrected chi connectivity index (χ4v) is 3.86. The van der Waals surface area contributed by atoms with E-state index in [2.05, 4.69) is 9.71 Å². The van der Waals surface area contributed by atoms with Gasteiger partial charge in [0.1, 0.15) is 4.21 Å². The van der Waals surface area contributed by atoms with Crippen LogP contribution in [0, 0.1) is 0 Å². The molecule has 0 aliphatic rings. The topological polar surface area (TPSA) is 79.3 Å². The van der Waals surface area contributed by atoms with E-state index in [4.69, 9.17) is 5.11 Å². The summed E-state index contributed by atoms with van der Waals surface area (Å²) in [5, 5.41) is 9.11. The molecule has 0 bridgehead atoms. The van der Waals surface area contributed by atoms with Crippen LogP contribution in [-0.4, -0.2) is 31.2 Å². The fraction of sp³-hybridized carbons (Fsp3) is 0.250. The predicted molar refractivity (Wildman–Crippen MR) is 74.4 cm³/mol. The molecule has 1 atom stereocenters. The number of sulfonamides is 1. The van der Waals surface area contributed by atoms with Gasteiger partial charge in [0, 0.05) is 12.7 Å². The standard InChI is InChI=1S/C12H14N2O3S2/c1-9(15)8-14-19(16,17)12-6-5-11(18-12)10-4-2-3-7-13-10/h2-7,9,14-15H,8H2,1H3. The van der Waals surface area contributed by atoms with Crippen molar-refractivity contribution in [2.24, 2.45) is 0 Å². The van der Waals surface area contributed by atoms with Gasteiger partial charge in [-0.25, -0.2) is 13.1 Å². The number of hydrogen-bond acceptors (Lipinski definition) is 5. The third kappa shape index (κ3) is 3.60. The second-order valence-electron chi connectivity index (χ2n) is 4.03. The minimum atomic E-state index is -3.56. The van der Waals surface area contributed by atoms with E-state index < -0.39 is 16.1 Å².